The molecule has 3 nitrogen and oxygen atoms in total. The van der Waals surface area contributed by atoms with E-state index < -0.39 is 17.6 Å². The Bertz CT molecular complexity index is 685. The summed E-state index contributed by atoms with van der Waals surface area (Å²) in [6, 6.07) is 3.64. The summed E-state index contributed by atoms with van der Waals surface area (Å²) in [4.78, 5) is 4.07. The van der Waals surface area contributed by atoms with Gasteiger partial charge >= 0.3 is 6.18 Å². The van der Waals surface area contributed by atoms with Crippen molar-refractivity contribution in [2.75, 3.05) is 11.9 Å². The molecule has 1 aliphatic heterocycles. The highest BCUT2D eigenvalue weighted by Crippen LogP contribution is 2.37. The lowest BCUT2D eigenvalue weighted by molar-refractivity contribution is -0.137. The van der Waals surface area contributed by atoms with E-state index in [1.807, 2.05) is 0 Å². The zero-order chi connectivity index (χ0) is 16.4. The largest absolute Gasteiger partial charge is 0.416 e. The first-order valence-corrected chi connectivity index (χ1v) is 7.25. The maximum absolute atomic E-state index is 13.6. The SMILES string of the molecule is FC1=CNCC=C1C=Nc1cc(C(F)(F)F)ccc1NC1CC1. The number of hydrogen-bond donors (Lipinski definition) is 2. The predicted molar refractivity (Wildman–Crippen MR) is 81.5 cm³/mol. The van der Waals surface area contributed by atoms with Crippen molar-refractivity contribution in [1.82, 2.24) is 5.32 Å². The number of allylic oxidation sites excluding steroid dienone is 2. The topological polar surface area (TPSA) is 36.4 Å². The second-order valence-electron chi connectivity index (χ2n) is 5.47. The fourth-order valence-electron chi connectivity index (χ4n) is 2.14. The monoisotopic (exact) mass is 325 g/mol. The lowest BCUT2D eigenvalue weighted by Gasteiger charge is -2.13. The zero-order valence-electron chi connectivity index (χ0n) is 12.1. The predicted octanol–water partition coefficient (Wildman–Crippen LogP) is 4.32. The third-order valence-electron chi connectivity index (χ3n) is 3.55. The lowest BCUT2D eigenvalue weighted by atomic mass is 10.1. The van der Waals surface area contributed by atoms with Crippen molar-refractivity contribution in [1.29, 1.82) is 0 Å². The molecule has 1 saturated carbocycles. The molecule has 1 fully saturated rings. The second kappa shape index (κ2) is 6.06. The van der Waals surface area contributed by atoms with Crippen molar-refractivity contribution in [3.63, 3.8) is 0 Å². The van der Waals surface area contributed by atoms with Crippen LogP contribution in [-0.4, -0.2) is 18.8 Å². The number of anilines is 1. The van der Waals surface area contributed by atoms with Crippen LogP contribution in [0.15, 0.2) is 46.9 Å². The van der Waals surface area contributed by atoms with Crippen molar-refractivity contribution < 1.29 is 17.6 Å². The van der Waals surface area contributed by atoms with Crippen LogP contribution in [0.2, 0.25) is 0 Å². The van der Waals surface area contributed by atoms with E-state index in [9.17, 15) is 17.6 Å². The second-order valence-corrected chi connectivity index (χ2v) is 5.47. The van der Waals surface area contributed by atoms with Gasteiger partial charge in [0.15, 0.2) is 0 Å². The van der Waals surface area contributed by atoms with E-state index in [0.29, 0.717) is 12.2 Å². The highest BCUT2D eigenvalue weighted by atomic mass is 19.4. The molecule has 1 heterocycles. The molecular formula is C16H15F4N3. The molecule has 1 aliphatic carbocycles. The van der Waals surface area contributed by atoms with E-state index in [1.165, 1.54) is 18.5 Å². The Balaban J connectivity index is 1.90. The summed E-state index contributed by atoms with van der Waals surface area (Å²) >= 11 is 0. The molecule has 122 valence electrons. The van der Waals surface area contributed by atoms with Crippen LogP contribution in [0.3, 0.4) is 0 Å². The number of dihydropyridines is 1. The first-order valence-electron chi connectivity index (χ1n) is 7.25. The van der Waals surface area contributed by atoms with Gasteiger partial charge in [0.25, 0.3) is 0 Å². The van der Waals surface area contributed by atoms with Gasteiger partial charge in [-0.1, -0.05) is 6.08 Å². The Hall–Kier alpha value is -2.31. The van der Waals surface area contributed by atoms with Crippen LogP contribution in [0.4, 0.5) is 28.9 Å². The van der Waals surface area contributed by atoms with Crippen LogP contribution < -0.4 is 10.6 Å². The molecule has 0 spiro atoms. The smallest absolute Gasteiger partial charge is 0.385 e. The summed E-state index contributed by atoms with van der Waals surface area (Å²) in [6.45, 7) is 0.449. The van der Waals surface area contributed by atoms with E-state index in [-0.39, 0.29) is 17.3 Å². The molecule has 0 atom stereocenters. The van der Waals surface area contributed by atoms with Gasteiger partial charge < -0.3 is 10.6 Å². The summed E-state index contributed by atoms with van der Waals surface area (Å²) in [5.74, 6) is -0.497. The fourth-order valence-corrected chi connectivity index (χ4v) is 2.14. The number of rotatable bonds is 4. The molecule has 0 radical (unpaired) electrons. The average molecular weight is 325 g/mol. The number of halogens is 4. The summed E-state index contributed by atoms with van der Waals surface area (Å²) in [7, 11) is 0. The van der Waals surface area contributed by atoms with Crippen LogP contribution in [0.5, 0.6) is 0 Å². The third kappa shape index (κ3) is 3.91. The number of aliphatic imine (C=N–C) groups is 1. The number of nitrogens with one attached hydrogen (secondary N) is 2. The number of alkyl halides is 3. The molecule has 2 N–H and O–H groups in total. The number of nitrogens with zero attached hydrogens (tertiary/aromatic N) is 1. The van der Waals surface area contributed by atoms with E-state index >= 15 is 0 Å². The van der Waals surface area contributed by atoms with Crippen molar-refractivity contribution >= 4 is 17.6 Å². The van der Waals surface area contributed by atoms with Crippen LogP contribution in [0.25, 0.3) is 0 Å². The Kier molecular flexibility index (Phi) is 4.11. The minimum Gasteiger partial charge on any atom is -0.385 e. The van der Waals surface area contributed by atoms with Crippen LogP contribution in [0.1, 0.15) is 18.4 Å². The van der Waals surface area contributed by atoms with Crippen molar-refractivity contribution in [3.05, 3.63) is 47.4 Å². The van der Waals surface area contributed by atoms with Crippen LogP contribution in [-0.2, 0) is 6.18 Å². The van der Waals surface area contributed by atoms with Gasteiger partial charge in [0.1, 0.15) is 5.83 Å². The molecule has 0 aromatic heterocycles. The van der Waals surface area contributed by atoms with Gasteiger partial charge in [-0.05, 0) is 31.0 Å². The van der Waals surface area contributed by atoms with Crippen molar-refractivity contribution in [2.45, 2.75) is 25.1 Å². The highest BCUT2D eigenvalue weighted by Gasteiger charge is 2.31. The first kappa shape index (κ1) is 15.6. The molecule has 0 bridgehead atoms. The standard InChI is InChI=1S/C16H15F4N3/c17-13-9-21-6-5-10(13)8-22-15-7-11(16(18,19)20)1-4-14(15)23-12-2-3-12/h1,4-5,7-9,12,21,23H,2-3,6H2. The first-order chi connectivity index (χ1) is 10.9. The Morgan fingerprint density at radius 3 is 2.70 bits per heavy atom. The number of hydrogen-bond acceptors (Lipinski definition) is 3. The third-order valence-corrected chi connectivity index (χ3v) is 3.55. The molecule has 2 aliphatic rings. The molecule has 1 aromatic carbocycles. The Labute approximate surface area is 130 Å². The van der Waals surface area contributed by atoms with Crippen LogP contribution >= 0.6 is 0 Å². The normalized spacial score (nSPS) is 18.4. The summed E-state index contributed by atoms with van der Waals surface area (Å²) in [5.41, 5.74) is 0.148. The molecule has 0 saturated heterocycles. The van der Waals surface area contributed by atoms with E-state index in [1.54, 1.807) is 6.08 Å². The average Bonchev–Trinajstić information content (AvgIpc) is 3.30. The Morgan fingerprint density at radius 2 is 2.04 bits per heavy atom. The van der Waals surface area contributed by atoms with Crippen molar-refractivity contribution in [3.8, 4) is 0 Å². The van der Waals surface area contributed by atoms with Gasteiger partial charge in [-0.15, -0.1) is 0 Å². The van der Waals surface area contributed by atoms with Gasteiger partial charge in [-0.25, -0.2) is 4.39 Å². The molecule has 1 aromatic rings. The van der Waals surface area contributed by atoms with Gasteiger partial charge in [-0.3, -0.25) is 4.99 Å². The van der Waals surface area contributed by atoms with E-state index in [2.05, 4.69) is 15.6 Å². The molecule has 0 amide bonds. The van der Waals surface area contributed by atoms with Gasteiger partial charge in [0.2, 0.25) is 0 Å². The fraction of sp³-hybridized carbons (Fsp3) is 0.312. The maximum atomic E-state index is 13.6. The number of benzene rings is 1. The van der Waals surface area contributed by atoms with E-state index in [0.717, 1.165) is 25.0 Å². The van der Waals surface area contributed by atoms with E-state index in [4.69, 9.17) is 0 Å². The quantitative estimate of drug-likeness (QED) is 0.639. The minimum absolute atomic E-state index is 0.152. The maximum Gasteiger partial charge on any atom is 0.416 e. The summed E-state index contributed by atoms with van der Waals surface area (Å²) < 4.78 is 52.2. The molecular weight excluding hydrogens is 310 g/mol. The molecule has 0 unspecified atom stereocenters. The van der Waals surface area contributed by atoms with Gasteiger partial charge in [0.05, 0.1) is 16.9 Å². The summed E-state index contributed by atoms with van der Waals surface area (Å²) in [6.07, 6.45) is 1.57. The molecule has 23 heavy (non-hydrogen) atoms. The lowest BCUT2D eigenvalue weighted by Crippen LogP contribution is -2.11. The Morgan fingerprint density at radius 1 is 1.26 bits per heavy atom. The van der Waals surface area contributed by atoms with Crippen LogP contribution in [0, 0.1) is 0 Å². The minimum atomic E-state index is -4.44. The molecule has 3 rings (SSSR count). The zero-order valence-corrected chi connectivity index (χ0v) is 12.1. The van der Waals surface area contributed by atoms with Gasteiger partial charge in [-0.2, -0.15) is 13.2 Å². The van der Waals surface area contributed by atoms with Gasteiger partial charge in [0, 0.05) is 30.6 Å². The summed E-state index contributed by atoms with van der Waals surface area (Å²) in [5, 5.41) is 5.84. The van der Waals surface area contributed by atoms with Crippen molar-refractivity contribution in [2.24, 2.45) is 4.99 Å². The highest BCUT2D eigenvalue weighted by molar-refractivity contribution is 5.87. The molecule has 7 heteroatoms.